The summed E-state index contributed by atoms with van der Waals surface area (Å²) in [6, 6.07) is 8.37. The summed E-state index contributed by atoms with van der Waals surface area (Å²) in [6.45, 7) is 6.48. The first-order chi connectivity index (χ1) is 11.6. The molecule has 1 aliphatic heterocycles. The second-order valence-electron chi connectivity index (χ2n) is 6.54. The van der Waals surface area contributed by atoms with E-state index in [1.54, 1.807) is 7.11 Å². The Morgan fingerprint density at radius 1 is 1.46 bits per heavy atom. The van der Waals surface area contributed by atoms with Crippen molar-refractivity contribution in [1.82, 2.24) is 10.2 Å². The van der Waals surface area contributed by atoms with Crippen molar-refractivity contribution in [2.24, 2.45) is 5.92 Å². The minimum atomic E-state index is 0.254. The number of nitrogens with one attached hydrogen (secondary N) is 1. The number of methoxy groups -OCH3 is 1. The van der Waals surface area contributed by atoms with Gasteiger partial charge in [-0.1, -0.05) is 26.0 Å². The Morgan fingerprint density at radius 2 is 2.29 bits per heavy atom. The number of carbonyl (C=O) groups is 1. The maximum Gasteiger partial charge on any atom is 0.222 e. The first-order valence-electron chi connectivity index (χ1n) is 8.69. The van der Waals surface area contributed by atoms with Gasteiger partial charge in [0.1, 0.15) is 5.76 Å². The van der Waals surface area contributed by atoms with E-state index in [0.29, 0.717) is 24.9 Å². The molecule has 0 bridgehead atoms. The number of hydrogen-bond donors (Lipinski definition) is 1. The van der Waals surface area contributed by atoms with Gasteiger partial charge < -0.3 is 19.4 Å². The predicted octanol–water partition coefficient (Wildman–Crippen LogP) is 3.18. The highest BCUT2D eigenvalue weighted by Gasteiger charge is 2.27. The van der Waals surface area contributed by atoms with Crippen molar-refractivity contribution in [3.8, 4) is 5.75 Å². The van der Waals surface area contributed by atoms with Crippen LogP contribution in [-0.4, -0.2) is 37.0 Å². The second kappa shape index (κ2) is 7.26. The van der Waals surface area contributed by atoms with E-state index in [9.17, 15) is 4.79 Å². The van der Waals surface area contributed by atoms with E-state index in [0.717, 1.165) is 42.0 Å². The summed E-state index contributed by atoms with van der Waals surface area (Å²) in [4.78, 5) is 13.8. The minimum Gasteiger partial charge on any atom is -0.493 e. The van der Waals surface area contributed by atoms with E-state index >= 15 is 0 Å². The molecule has 0 spiro atoms. The van der Waals surface area contributed by atoms with Crippen LogP contribution in [0.5, 0.6) is 5.75 Å². The number of rotatable bonds is 5. The fourth-order valence-corrected chi connectivity index (χ4v) is 3.47. The molecule has 1 aliphatic rings. The first kappa shape index (κ1) is 16.8. The number of carbonyl (C=O) groups excluding carboxylic acids is 1. The van der Waals surface area contributed by atoms with Gasteiger partial charge in [0.15, 0.2) is 11.3 Å². The number of piperidine rings is 1. The molecule has 1 N–H and O–H groups in total. The van der Waals surface area contributed by atoms with Crippen LogP contribution in [0.1, 0.15) is 32.4 Å². The lowest BCUT2D eigenvalue weighted by molar-refractivity contribution is -0.132. The number of furan rings is 1. The average molecular weight is 330 g/mol. The Balaban J connectivity index is 1.61. The molecule has 130 valence electrons. The summed E-state index contributed by atoms with van der Waals surface area (Å²) < 4.78 is 11.3. The van der Waals surface area contributed by atoms with Crippen LogP contribution in [0.3, 0.4) is 0 Å². The third-order valence-electron chi connectivity index (χ3n) is 4.88. The van der Waals surface area contributed by atoms with Crippen molar-refractivity contribution in [3.63, 3.8) is 0 Å². The third kappa shape index (κ3) is 3.41. The fraction of sp³-hybridized carbons (Fsp3) is 0.526. The van der Waals surface area contributed by atoms with Crippen LogP contribution in [0, 0.1) is 5.92 Å². The Morgan fingerprint density at radius 3 is 3.00 bits per heavy atom. The van der Waals surface area contributed by atoms with Gasteiger partial charge in [0, 0.05) is 30.9 Å². The first-order valence-corrected chi connectivity index (χ1v) is 8.69. The molecule has 1 aromatic heterocycles. The lowest BCUT2D eigenvalue weighted by Gasteiger charge is -2.37. The zero-order valence-electron chi connectivity index (χ0n) is 14.7. The Hall–Kier alpha value is -2.01. The van der Waals surface area contributed by atoms with Crippen LogP contribution < -0.4 is 10.1 Å². The number of para-hydroxylation sites is 1. The maximum atomic E-state index is 11.8. The van der Waals surface area contributed by atoms with E-state index in [4.69, 9.17) is 9.15 Å². The molecule has 0 aliphatic carbocycles. The number of nitrogens with zero attached hydrogens (tertiary/aromatic N) is 1. The monoisotopic (exact) mass is 330 g/mol. The van der Waals surface area contributed by atoms with Gasteiger partial charge in [-0.15, -0.1) is 0 Å². The average Bonchev–Trinajstić information content (AvgIpc) is 3.02. The van der Waals surface area contributed by atoms with Crippen LogP contribution in [0.25, 0.3) is 11.0 Å². The van der Waals surface area contributed by atoms with Crippen LogP contribution in [0.4, 0.5) is 0 Å². The van der Waals surface area contributed by atoms with Crippen LogP contribution in [-0.2, 0) is 11.3 Å². The van der Waals surface area contributed by atoms with Gasteiger partial charge in [-0.3, -0.25) is 4.79 Å². The topological polar surface area (TPSA) is 54.7 Å². The summed E-state index contributed by atoms with van der Waals surface area (Å²) in [5.74, 6) is 2.37. The molecule has 0 unspecified atom stereocenters. The number of hydrogen-bond acceptors (Lipinski definition) is 4. The molecule has 1 saturated heterocycles. The normalized spacial score (nSPS) is 21.2. The van der Waals surface area contributed by atoms with Gasteiger partial charge in [0.25, 0.3) is 0 Å². The standard InChI is InChI=1S/C19H26N2O3/c1-4-18(22)21-9-8-16(13(2)12-21)20-11-15-10-14-6-5-7-17(23-3)19(14)24-15/h5-7,10,13,16,20H,4,8-9,11-12H2,1-3H3/t13-,16-/m0/s1. The lowest BCUT2D eigenvalue weighted by Crippen LogP contribution is -2.49. The zero-order chi connectivity index (χ0) is 17.1. The molecule has 1 amide bonds. The largest absolute Gasteiger partial charge is 0.493 e. The predicted molar refractivity (Wildman–Crippen MR) is 94.0 cm³/mol. The molecule has 2 heterocycles. The van der Waals surface area contributed by atoms with E-state index in [1.165, 1.54) is 0 Å². The summed E-state index contributed by atoms with van der Waals surface area (Å²) in [7, 11) is 1.66. The van der Waals surface area contributed by atoms with Crippen molar-refractivity contribution in [2.45, 2.75) is 39.3 Å². The van der Waals surface area contributed by atoms with Gasteiger partial charge >= 0.3 is 0 Å². The highest BCUT2D eigenvalue weighted by Crippen LogP contribution is 2.28. The highest BCUT2D eigenvalue weighted by molar-refractivity contribution is 5.83. The summed E-state index contributed by atoms with van der Waals surface area (Å²) >= 11 is 0. The smallest absolute Gasteiger partial charge is 0.222 e. The van der Waals surface area contributed by atoms with Crippen molar-refractivity contribution in [2.75, 3.05) is 20.2 Å². The molecule has 1 fully saturated rings. The molecular weight excluding hydrogens is 304 g/mol. The van der Waals surface area contributed by atoms with Crippen molar-refractivity contribution in [3.05, 3.63) is 30.0 Å². The number of fused-ring (bicyclic) bond motifs is 1. The van der Waals surface area contributed by atoms with Crippen molar-refractivity contribution >= 4 is 16.9 Å². The molecule has 3 rings (SSSR count). The molecule has 0 saturated carbocycles. The molecule has 0 radical (unpaired) electrons. The van der Waals surface area contributed by atoms with Crippen LogP contribution >= 0.6 is 0 Å². The zero-order valence-corrected chi connectivity index (χ0v) is 14.7. The molecule has 1 aromatic carbocycles. The molecule has 24 heavy (non-hydrogen) atoms. The van der Waals surface area contributed by atoms with Gasteiger partial charge in [0.05, 0.1) is 13.7 Å². The summed E-state index contributed by atoms with van der Waals surface area (Å²) in [6.07, 6.45) is 1.57. The number of likely N-dealkylation sites (tertiary alicyclic amines) is 1. The van der Waals surface area contributed by atoms with E-state index in [1.807, 2.05) is 30.0 Å². The van der Waals surface area contributed by atoms with Crippen molar-refractivity contribution in [1.29, 1.82) is 0 Å². The lowest BCUT2D eigenvalue weighted by atomic mass is 9.93. The number of amides is 1. The fourth-order valence-electron chi connectivity index (χ4n) is 3.47. The molecule has 2 atom stereocenters. The quantitative estimate of drug-likeness (QED) is 0.915. The van der Waals surface area contributed by atoms with E-state index in [-0.39, 0.29) is 5.91 Å². The molecule has 5 heteroatoms. The number of benzene rings is 1. The Labute approximate surface area is 143 Å². The molecular formula is C19H26N2O3. The SMILES string of the molecule is CCC(=O)N1CC[C@H](NCc2cc3cccc(OC)c3o2)[C@@H](C)C1. The van der Waals surface area contributed by atoms with Gasteiger partial charge in [0.2, 0.25) is 5.91 Å². The molecule has 2 aromatic rings. The second-order valence-corrected chi connectivity index (χ2v) is 6.54. The van der Waals surface area contributed by atoms with Crippen molar-refractivity contribution < 1.29 is 13.9 Å². The van der Waals surface area contributed by atoms with Crippen LogP contribution in [0.15, 0.2) is 28.7 Å². The molecule has 5 nitrogen and oxygen atoms in total. The third-order valence-corrected chi connectivity index (χ3v) is 4.88. The van der Waals surface area contributed by atoms with E-state index in [2.05, 4.69) is 18.3 Å². The minimum absolute atomic E-state index is 0.254. The summed E-state index contributed by atoms with van der Waals surface area (Å²) in [5.41, 5.74) is 0.799. The van der Waals surface area contributed by atoms with Gasteiger partial charge in [-0.25, -0.2) is 0 Å². The van der Waals surface area contributed by atoms with E-state index < -0.39 is 0 Å². The van der Waals surface area contributed by atoms with Crippen LogP contribution in [0.2, 0.25) is 0 Å². The summed E-state index contributed by atoms with van der Waals surface area (Å²) in [5, 5.41) is 4.65. The Bertz CT molecular complexity index is 710. The van der Waals surface area contributed by atoms with Gasteiger partial charge in [-0.2, -0.15) is 0 Å². The van der Waals surface area contributed by atoms with Gasteiger partial charge in [-0.05, 0) is 24.5 Å². The number of ether oxygens (including phenoxy) is 1. The maximum absolute atomic E-state index is 11.8. The Kier molecular flexibility index (Phi) is 5.09. The highest BCUT2D eigenvalue weighted by atomic mass is 16.5.